The van der Waals surface area contributed by atoms with Gasteiger partial charge in [-0.1, -0.05) is 11.2 Å². The third-order valence-electron chi connectivity index (χ3n) is 2.67. The number of hydrogen-bond acceptors (Lipinski definition) is 6. The van der Waals surface area contributed by atoms with Crippen molar-refractivity contribution in [1.29, 1.82) is 5.26 Å². The van der Waals surface area contributed by atoms with E-state index in [1.165, 1.54) is 0 Å². The molecule has 2 heterocycles. The van der Waals surface area contributed by atoms with E-state index >= 15 is 0 Å². The van der Waals surface area contributed by atoms with Gasteiger partial charge >= 0.3 is 0 Å². The van der Waals surface area contributed by atoms with Gasteiger partial charge < -0.3 is 4.52 Å². The van der Waals surface area contributed by atoms with Crippen LogP contribution in [0.4, 0.5) is 0 Å². The van der Waals surface area contributed by atoms with Gasteiger partial charge in [0.05, 0.1) is 11.6 Å². The highest BCUT2D eigenvalue weighted by atomic mass is 16.5. The molecular weight excluding hydrogens is 254 g/mol. The third-order valence-corrected chi connectivity index (χ3v) is 2.67. The molecule has 0 atom stereocenters. The molecule has 3 aromatic rings. The van der Waals surface area contributed by atoms with Crippen molar-refractivity contribution in [3.8, 4) is 29.0 Å². The van der Waals surface area contributed by atoms with Crippen molar-refractivity contribution in [2.24, 2.45) is 0 Å². The molecule has 6 heteroatoms. The highest BCUT2D eigenvalue weighted by molar-refractivity contribution is 5.59. The first-order valence-electron chi connectivity index (χ1n) is 5.90. The maximum Gasteiger partial charge on any atom is 0.258 e. The van der Waals surface area contributed by atoms with Crippen LogP contribution < -0.4 is 0 Å². The topological polar surface area (TPSA) is 88.5 Å². The van der Waals surface area contributed by atoms with Gasteiger partial charge in [-0.15, -0.1) is 0 Å². The summed E-state index contributed by atoms with van der Waals surface area (Å²) < 4.78 is 5.21. The van der Waals surface area contributed by atoms with Gasteiger partial charge in [-0.25, -0.2) is 9.97 Å². The Hall–Kier alpha value is -3.07. The lowest BCUT2D eigenvalue weighted by Gasteiger charge is -1.94. The van der Waals surface area contributed by atoms with E-state index in [-0.39, 0.29) is 0 Å². The van der Waals surface area contributed by atoms with E-state index in [9.17, 15) is 0 Å². The predicted molar refractivity (Wildman–Crippen MR) is 70.2 cm³/mol. The minimum atomic E-state index is 0.355. The SMILES string of the molecule is Cc1nccc(-c2noc(-c3cccc(C#N)c3)n2)n1. The van der Waals surface area contributed by atoms with Crippen LogP contribution in [0.1, 0.15) is 11.4 Å². The first-order valence-corrected chi connectivity index (χ1v) is 5.90. The Kier molecular flexibility index (Phi) is 2.94. The molecule has 6 nitrogen and oxygen atoms in total. The minimum absolute atomic E-state index is 0.355. The second-order valence-electron chi connectivity index (χ2n) is 4.10. The van der Waals surface area contributed by atoms with Gasteiger partial charge in [0, 0.05) is 11.8 Å². The maximum absolute atomic E-state index is 8.89. The van der Waals surface area contributed by atoms with Gasteiger partial charge in [0.2, 0.25) is 5.82 Å². The molecule has 0 N–H and O–H groups in total. The number of hydrogen-bond donors (Lipinski definition) is 0. The third kappa shape index (κ3) is 2.24. The number of nitriles is 1. The molecule has 0 amide bonds. The van der Waals surface area contributed by atoms with Gasteiger partial charge in [-0.3, -0.25) is 0 Å². The zero-order chi connectivity index (χ0) is 13.9. The van der Waals surface area contributed by atoms with Crippen LogP contribution in [0, 0.1) is 18.3 Å². The molecule has 0 bridgehead atoms. The summed E-state index contributed by atoms with van der Waals surface area (Å²) in [7, 11) is 0. The van der Waals surface area contributed by atoms with Gasteiger partial charge in [-0.2, -0.15) is 10.2 Å². The Bertz CT molecular complexity index is 803. The highest BCUT2D eigenvalue weighted by Gasteiger charge is 2.12. The number of aromatic nitrogens is 4. The molecule has 0 fully saturated rings. The molecule has 0 radical (unpaired) electrons. The highest BCUT2D eigenvalue weighted by Crippen LogP contribution is 2.21. The first kappa shape index (κ1) is 12.0. The first-order chi connectivity index (χ1) is 9.76. The van der Waals surface area contributed by atoms with Crippen LogP contribution in [-0.4, -0.2) is 20.1 Å². The van der Waals surface area contributed by atoms with E-state index in [4.69, 9.17) is 9.78 Å². The van der Waals surface area contributed by atoms with Crippen molar-refractivity contribution in [3.63, 3.8) is 0 Å². The maximum atomic E-state index is 8.89. The normalized spacial score (nSPS) is 10.2. The molecule has 0 aliphatic rings. The quantitative estimate of drug-likeness (QED) is 0.705. The van der Waals surface area contributed by atoms with Gasteiger partial charge in [0.25, 0.3) is 5.89 Å². The molecule has 1 aromatic carbocycles. The molecule has 0 spiro atoms. The van der Waals surface area contributed by atoms with Crippen molar-refractivity contribution < 1.29 is 4.52 Å². The molecule has 0 aliphatic carbocycles. The Morgan fingerprint density at radius 2 is 2.10 bits per heavy atom. The summed E-state index contributed by atoms with van der Waals surface area (Å²) in [6, 6.07) is 10.8. The summed E-state index contributed by atoms with van der Waals surface area (Å²) in [5.41, 5.74) is 1.85. The van der Waals surface area contributed by atoms with Gasteiger partial charge in [-0.05, 0) is 31.2 Å². The summed E-state index contributed by atoms with van der Waals surface area (Å²) >= 11 is 0. The monoisotopic (exact) mass is 263 g/mol. The van der Waals surface area contributed by atoms with Crippen LogP contribution in [0.15, 0.2) is 41.1 Å². The number of rotatable bonds is 2. The van der Waals surface area contributed by atoms with Crippen LogP contribution in [-0.2, 0) is 0 Å². The summed E-state index contributed by atoms with van der Waals surface area (Å²) in [5, 5.41) is 12.8. The fraction of sp³-hybridized carbons (Fsp3) is 0.0714. The average molecular weight is 263 g/mol. The second-order valence-corrected chi connectivity index (χ2v) is 4.10. The lowest BCUT2D eigenvalue weighted by molar-refractivity contribution is 0.432. The molecule has 0 aliphatic heterocycles. The molecule has 0 saturated heterocycles. The fourth-order valence-electron chi connectivity index (χ4n) is 1.75. The molecule has 2 aromatic heterocycles. The number of benzene rings is 1. The van der Waals surface area contributed by atoms with Crippen LogP contribution in [0.5, 0.6) is 0 Å². The van der Waals surface area contributed by atoms with Crippen molar-refractivity contribution in [2.75, 3.05) is 0 Å². The lowest BCUT2D eigenvalue weighted by atomic mass is 10.1. The molecule has 3 rings (SSSR count). The van der Waals surface area contributed by atoms with Crippen LogP contribution >= 0.6 is 0 Å². The van der Waals surface area contributed by atoms with Gasteiger partial charge in [0.15, 0.2) is 0 Å². The fourth-order valence-corrected chi connectivity index (χ4v) is 1.75. The standard InChI is InChI=1S/C14H9N5O/c1-9-16-6-5-12(17-9)13-18-14(20-19-13)11-4-2-3-10(7-11)8-15/h2-7H,1H3. The summed E-state index contributed by atoms with van der Waals surface area (Å²) in [6.07, 6.45) is 1.64. The largest absolute Gasteiger partial charge is 0.334 e. The average Bonchev–Trinajstić information content (AvgIpc) is 2.97. The van der Waals surface area contributed by atoms with Gasteiger partial charge in [0.1, 0.15) is 11.5 Å². The lowest BCUT2D eigenvalue weighted by Crippen LogP contribution is -1.91. The summed E-state index contributed by atoms with van der Waals surface area (Å²) in [5.74, 6) is 1.39. The van der Waals surface area contributed by atoms with E-state index in [1.54, 1.807) is 37.4 Å². The summed E-state index contributed by atoms with van der Waals surface area (Å²) in [4.78, 5) is 12.5. The molecule has 96 valence electrons. The zero-order valence-corrected chi connectivity index (χ0v) is 10.6. The van der Waals surface area contributed by atoms with Crippen LogP contribution in [0.2, 0.25) is 0 Å². The van der Waals surface area contributed by atoms with Crippen molar-refractivity contribution in [3.05, 3.63) is 47.9 Å². The Morgan fingerprint density at radius 3 is 2.90 bits per heavy atom. The Labute approximate surface area is 114 Å². The van der Waals surface area contributed by atoms with Crippen LogP contribution in [0.3, 0.4) is 0 Å². The van der Waals surface area contributed by atoms with E-state index < -0.39 is 0 Å². The van der Waals surface area contributed by atoms with E-state index in [0.717, 1.165) is 0 Å². The van der Waals surface area contributed by atoms with E-state index in [1.807, 2.05) is 6.07 Å². The molecule has 20 heavy (non-hydrogen) atoms. The summed E-state index contributed by atoms with van der Waals surface area (Å²) in [6.45, 7) is 1.79. The second kappa shape index (κ2) is 4.90. The zero-order valence-electron chi connectivity index (χ0n) is 10.6. The van der Waals surface area contributed by atoms with Crippen molar-refractivity contribution >= 4 is 0 Å². The Morgan fingerprint density at radius 1 is 1.20 bits per heavy atom. The molecule has 0 saturated carbocycles. The predicted octanol–water partition coefficient (Wildman–Crippen LogP) is 2.37. The van der Waals surface area contributed by atoms with Crippen molar-refractivity contribution in [1.82, 2.24) is 20.1 Å². The minimum Gasteiger partial charge on any atom is -0.334 e. The molecular formula is C14H9N5O. The van der Waals surface area contributed by atoms with Crippen molar-refractivity contribution in [2.45, 2.75) is 6.92 Å². The van der Waals surface area contributed by atoms with E-state index in [2.05, 4.69) is 26.2 Å². The number of aryl methyl sites for hydroxylation is 1. The smallest absolute Gasteiger partial charge is 0.258 e. The Balaban J connectivity index is 2.00. The van der Waals surface area contributed by atoms with Crippen LogP contribution in [0.25, 0.3) is 23.0 Å². The molecule has 0 unspecified atom stereocenters. The number of nitrogens with zero attached hydrogens (tertiary/aromatic N) is 5. The van der Waals surface area contributed by atoms with E-state index in [0.29, 0.717) is 34.4 Å².